The van der Waals surface area contributed by atoms with Crippen LogP contribution in [0.4, 0.5) is 0 Å². The third kappa shape index (κ3) is 14.9. The van der Waals surface area contributed by atoms with Crippen molar-refractivity contribution in [1.82, 2.24) is 10.6 Å². The Morgan fingerprint density at radius 3 is 1.71 bits per heavy atom. The normalized spacial score (nSPS) is 22.2. The number of amides is 1. The predicted molar refractivity (Wildman–Crippen MR) is 115 cm³/mol. The summed E-state index contributed by atoms with van der Waals surface area (Å²) in [7, 11) is 1.36. The minimum Gasteiger partial charge on any atom is -0.469 e. The molecular weight excluding hydrogens is 352 g/mol. The van der Waals surface area contributed by atoms with Crippen molar-refractivity contribution in [3.8, 4) is 0 Å². The van der Waals surface area contributed by atoms with E-state index in [0.29, 0.717) is 0 Å². The highest BCUT2D eigenvalue weighted by atomic mass is 16.5. The minimum absolute atomic E-state index is 0.0206. The maximum Gasteiger partial charge on any atom is 0.306 e. The zero-order valence-corrected chi connectivity index (χ0v) is 18.2. The lowest BCUT2D eigenvalue weighted by Crippen LogP contribution is -2.45. The van der Waals surface area contributed by atoms with Gasteiger partial charge in [-0.05, 0) is 19.4 Å². The summed E-state index contributed by atoms with van der Waals surface area (Å²) >= 11 is 0. The lowest BCUT2D eigenvalue weighted by atomic mass is 10.0. The number of hydrogen-bond acceptors (Lipinski definition) is 4. The highest BCUT2D eigenvalue weighted by Gasteiger charge is 2.13. The number of methoxy groups -OCH3 is 1. The maximum absolute atomic E-state index is 12.1. The molecule has 0 aromatic carbocycles. The van der Waals surface area contributed by atoms with E-state index in [0.717, 1.165) is 25.8 Å². The Labute approximate surface area is 172 Å². The summed E-state index contributed by atoms with van der Waals surface area (Å²) in [6, 6.07) is 0. The molecule has 0 spiro atoms. The molecule has 5 heteroatoms. The fraction of sp³-hybridized carbons (Fsp3) is 0.913. The first-order chi connectivity index (χ1) is 13.7. The minimum atomic E-state index is -0.330. The van der Waals surface area contributed by atoms with Crippen molar-refractivity contribution >= 4 is 11.9 Å². The molecule has 1 aliphatic rings. The Bertz CT molecular complexity index is 381. The topological polar surface area (TPSA) is 67.4 Å². The van der Waals surface area contributed by atoms with Crippen LogP contribution in [-0.4, -0.2) is 31.7 Å². The molecule has 1 rings (SSSR count). The van der Waals surface area contributed by atoms with Gasteiger partial charge in [-0.3, -0.25) is 14.9 Å². The van der Waals surface area contributed by atoms with Crippen LogP contribution in [0.25, 0.3) is 0 Å². The Balaban J connectivity index is 2.34. The van der Waals surface area contributed by atoms with Crippen molar-refractivity contribution in [3.63, 3.8) is 0 Å². The van der Waals surface area contributed by atoms with E-state index >= 15 is 0 Å². The monoisotopic (exact) mass is 396 g/mol. The smallest absolute Gasteiger partial charge is 0.306 e. The van der Waals surface area contributed by atoms with Crippen molar-refractivity contribution in [3.05, 3.63) is 0 Å². The van der Waals surface area contributed by atoms with Gasteiger partial charge in [0.25, 0.3) is 0 Å². The third-order valence-electron chi connectivity index (χ3n) is 5.68. The van der Waals surface area contributed by atoms with Crippen LogP contribution >= 0.6 is 0 Å². The van der Waals surface area contributed by atoms with E-state index in [-0.39, 0.29) is 30.9 Å². The number of rotatable bonds is 4. The molecule has 0 radical (unpaired) electrons. The highest BCUT2D eigenvalue weighted by molar-refractivity contribution is 5.81. The lowest BCUT2D eigenvalue weighted by molar-refractivity contribution is -0.142. The number of esters is 1. The molecule has 0 saturated carbocycles. The van der Waals surface area contributed by atoms with Crippen LogP contribution in [0.2, 0.25) is 0 Å². The molecule has 1 atom stereocenters. The van der Waals surface area contributed by atoms with E-state index < -0.39 is 0 Å². The highest BCUT2D eigenvalue weighted by Crippen LogP contribution is 2.14. The summed E-state index contributed by atoms with van der Waals surface area (Å²) in [6.07, 6.45) is 21.2. The molecule has 164 valence electrons. The van der Waals surface area contributed by atoms with Crippen LogP contribution in [0.15, 0.2) is 0 Å². The number of carbonyl (C=O) groups excluding carboxylic acids is 2. The Hall–Kier alpha value is -1.10. The van der Waals surface area contributed by atoms with Gasteiger partial charge in [-0.1, -0.05) is 89.9 Å². The summed E-state index contributed by atoms with van der Waals surface area (Å²) in [5.41, 5.74) is 0. The molecule has 5 nitrogen and oxygen atoms in total. The summed E-state index contributed by atoms with van der Waals surface area (Å²) in [5.74, 6) is -0.398. The van der Waals surface area contributed by atoms with E-state index in [1.807, 2.05) is 0 Å². The second kappa shape index (κ2) is 18.0. The average molecular weight is 397 g/mol. The second-order valence-corrected chi connectivity index (χ2v) is 8.24. The van der Waals surface area contributed by atoms with Gasteiger partial charge in [0.1, 0.15) is 0 Å². The average Bonchev–Trinajstić information content (AvgIpc) is 2.70. The SMILES string of the molecule is COC(=O)CCC(=O)NC1CCCCCCCCCCCCCCCCCN1. The Morgan fingerprint density at radius 1 is 0.750 bits per heavy atom. The standard InChI is InChI=1S/C23H44N2O3/c1-28-23(27)19-18-22(26)25-21-17-15-13-11-9-7-5-3-2-4-6-8-10-12-14-16-20-24-21/h21,24H,2-20H2,1H3,(H,25,26). The van der Waals surface area contributed by atoms with Crippen LogP contribution in [0.5, 0.6) is 0 Å². The molecular formula is C23H44N2O3. The van der Waals surface area contributed by atoms with Gasteiger partial charge >= 0.3 is 5.97 Å². The van der Waals surface area contributed by atoms with Crippen molar-refractivity contribution < 1.29 is 14.3 Å². The van der Waals surface area contributed by atoms with Gasteiger partial charge in [0.15, 0.2) is 0 Å². The van der Waals surface area contributed by atoms with Crippen LogP contribution in [-0.2, 0) is 14.3 Å². The Kier molecular flexibility index (Phi) is 16.0. The number of hydrogen-bond donors (Lipinski definition) is 2. The van der Waals surface area contributed by atoms with E-state index in [1.54, 1.807) is 0 Å². The fourth-order valence-electron chi connectivity index (χ4n) is 3.86. The molecule has 1 fully saturated rings. The van der Waals surface area contributed by atoms with Crippen molar-refractivity contribution in [2.24, 2.45) is 0 Å². The van der Waals surface area contributed by atoms with Crippen molar-refractivity contribution in [2.45, 2.75) is 122 Å². The molecule has 28 heavy (non-hydrogen) atoms. The number of ether oxygens (including phenoxy) is 1. The maximum atomic E-state index is 12.1. The van der Waals surface area contributed by atoms with Crippen LogP contribution in [0.1, 0.15) is 116 Å². The van der Waals surface area contributed by atoms with Crippen LogP contribution in [0, 0.1) is 0 Å². The number of carbonyl (C=O) groups is 2. The molecule has 0 aliphatic carbocycles. The molecule has 0 bridgehead atoms. The molecule has 1 heterocycles. The summed E-state index contributed by atoms with van der Waals surface area (Å²) in [6.45, 7) is 0.946. The fourth-order valence-corrected chi connectivity index (χ4v) is 3.86. The zero-order chi connectivity index (χ0) is 20.3. The molecule has 0 aromatic heterocycles. The molecule has 2 N–H and O–H groups in total. The quantitative estimate of drug-likeness (QED) is 0.639. The van der Waals surface area contributed by atoms with Gasteiger partial charge in [-0.2, -0.15) is 0 Å². The molecule has 1 saturated heterocycles. The first-order valence-corrected chi connectivity index (χ1v) is 11.8. The lowest BCUT2D eigenvalue weighted by Gasteiger charge is -2.20. The summed E-state index contributed by atoms with van der Waals surface area (Å²) in [5, 5.41) is 6.59. The first-order valence-electron chi connectivity index (χ1n) is 11.8. The van der Waals surface area contributed by atoms with Gasteiger partial charge in [0.05, 0.1) is 19.7 Å². The van der Waals surface area contributed by atoms with Crippen LogP contribution < -0.4 is 10.6 Å². The van der Waals surface area contributed by atoms with Crippen molar-refractivity contribution in [2.75, 3.05) is 13.7 Å². The van der Waals surface area contributed by atoms with Crippen LogP contribution in [0.3, 0.4) is 0 Å². The van der Waals surface area contributed by atoms with Gasteiger partial charge < -0.3 is 10.1 Å². The van der Waals surface area contributed by atoms with Gasteiger partial charge in [-0.15, -0.1) is 0 Å². The van der Waals surface area contributed by atoms with Gasteiger partial charge in [-0.25, -0.2) is 0 Å². The Morgan fingerprint density at radius 2 is 1.21 bits per heavy atom. The zero-order valence-electron chi connectivity index (χ0n) is 18.2. The third-order valence-corrected chi connectivity index (χ3v) is 5.68. The second-order valence-electron chi connectivity index (χ2n) is 8.24. The largest absolute Gasteiger partial charge is 0.469 e. The van der Waals surface area contributed by atoms with E-state index in [2.05, 4.69) is 15.4 Å². The van der Waals surface area contributed by atoms with E-state index in [4.69, 9.17) is 0 Å². The predicted octanol–water partition coefficient (Wildman–Crippen LogP) is 5.23. The molecule has 1 unspecified atom stereocenters. The first kappa shape index (κ1) is 24.9. The van der Waals surface area contributed by atoms with E-state index in [9.17, 15) is 9.59 Å². The summed E-state index contributed by atoms with van der Waals surface area (Å²) in [4.78, 5) is 23.4. The van der Waals surface area contributed by atoms with Crippen molar-refractivity contribution in [1.29, 1.82) is 0 Å². The van der Waals surface area contributed by atoms with E-state index in [1.165, 1.54) is 90.6 Å². The summed E-state index contributed by atoms with van der Waals surface area (Å²) < 4.78 is 4.61. The molecule has 1 aliphatic heterocycles. The van der Waals surface area contributed by atoms with Gasteiger partial charge in [0, 0.05) is 6.42 Å². The van der Waals surface area contributed by atoms with Gasteiger partial charge in [0.2, 0.25) is 5.91 Å². The molecule has 1 amide bonds. The molecule has 0 aromatic rings. The number of nitrogens with one attached hydrogen (secondary N) is 2.